The molecule has 0 spiro atoms. The quantitative estimate of drug-likeness (QED) is 0.893. The summed E-state index contributed by atoms with van der Waals surface area (Å²) >= 11 is 0. The Bertz CT molecular complexity index is 606. The summed E-state index contributed by atoms with van der Waals surface area (Å²) in [6, 6.07) is 13.1. The van der Waals surface area contributed by atoms with Crippen molar-refractivity contribution < 1.29 is 4.79 Å². The highest BCUT2D eigenvalue weighted by atomic mass is 35.5. The first-order valence-electron chi connectivity index (χ1n) is 6.61. The van der Waals surface area contributed by atoms with E-state index in [1.807, 2.05) is 56.3 Å². The lowest BCUT2D eigenvalue weighted by atomic mass is 10.0. The number of nitrogens with zero attached hydrogens (tertiary/aromatic N) is 1. The predicted octanol–water partition coefficient (Wildman–Crippen LogP) is 3.57. The lowest BCUT2D eigenvalue weighted by Gasteiger charge is -2.13. The van der Waals surface area contributed by atoms with E-state index in [1.165, 1.54) is 0 Å². The van der Waals surface area contributed by atoms with E-state index < -0.39 is 0 Å². The number of halogens is 2. The van der Waals surface area contributed by atoms with Gasteiger partial charge in [-0.25, -0.2) is 0 Å². The van der Waals surface area contributed by atoms with E-state index in [2.05, 4.69) is 10.3 Å². The van der Waals surface area contributed by atoms with E-state index >= 15 is 0 Å². The molecule has 0 radical (unpaired) electrons. The molecule has 0 aliphatic carbocycles. The summed E-state index contributed by atoms with van der Waals surface area (Å²) < 4.78 is 0. The molecule has 6 heteroatoms. The van der Waals surface area contributed by atoms with Gasteiger partial charge in [0.05, 0.1) is 11.4 Å². The number of aromatic nitrogens is 1. The minimum Gasteiger partial charge on any atom is -0.324 e. The summed E-state index contributed by atoms with van der Waals surface area (Å²) in [5, 5.41) is 2.86. The molecule has 0 bridgehead atoms. The fourth-order valence-electron chi connectivity index (χ4n) is 2.04. The van der Waals surface area contributed by atoms with Crippen molar-refractivity contribution in [3.8, 4) is 0 Å². The summed E-state index contributed by atoms with van der Waals surface area (Å²) in [6.07, 6.45) is 0.247. The molecule has 1 atom stereocenters. The molecule has 0 saturated carbocycles. The van der Waals surface area contributed by atoms with Crippen LogP contribution in [0.25, 0.3) is 0 Å². The normalized spacial score (nSPS) is 10.9. The van der Waals surface area contributed by atoms with Crippen molar-refractivity contribution in [3.05, 3.63) is 59.4 Å². The monoisotopic (exact) mass is 341 g/mol. The minimum absolute atomic E-state index is 0. The number of nitrogens with two attached hydrogens (primary N) is 1. The van der Waals surface area contributed by atoms with Gasteiger partial charge in [0.25, 0.3) is 0 Å². The fraction of sp³-hybridized carbons (Fsp3) is 0.250. The molecule has 4 nitrogen and oxygen atoms in total. The molecule has 0 aliphatic rings. The van der Waals surface area contributed by atoms with Crippen molar-refractivity contribution in [2.24, 2.45) is 5.73 Å². The summed E-state index contributed by atoms with van der Waals surface area (Å²) in [7, 11) is 0. The maximum absolute atomic E-state index is 12.0. The Kier molecular flexibility index (Phi) is 8.72. The Hall–Kier alpha value is -1.62. The van der Waals surface area contributed by atoms with Crippen LogP contribution in [0.15, 0.2) is 42.5 Å². The molecule has 0 aliphatic heterocycles. The number of carbonyl (C=O) groups is 1. The van der Waals surface area contributed by atoms with Gasteiger partial charge in [0, 0.05) is 18.2 Å². The van der Waals surface area contributed by atoms with Gasteiger partial charge in [0.1, 0.15) is 0 Å². The van der Waals surface area contributed by atoms with Gasteiger partial charge in [0.15, 0.2) is 0 Å². The molecule has 1 aromatic carbocycles. The molecular weight excluding hydrogens is 321 g/mol. The van der Waals surface area contributed by atoms with Gasteiger partial charge in [-0.2, -0.15) is 0 Å². The summed E-state index contributed by atoms with van der Waals surface area (Å²) in [5.74, 6) is -0.102. The third kappa shape index (κ3) is 5.64. The van der Waals surface area contributed by atoms with E-state index in [-0.39, 0.29) is 43.2 Å². The molecule has 0 fully saturated rings. The van der Waals surface area contributed by atoms with Crippen molar-refractivity contribution in [3.63, 3.8) is 0 Å². The number of hydrogen-bond acceptors (Lipinski definition) is 3. The smallest absolute Gasteiger partial charge is 0.226 e. The van der Waals surface area contributed by atoms with Crippen LogP contribution in [0.4, 0.5) is 5.69 Å². The number of anilines is 1. The molecule has 2 aromatic rings. The zero-order chi connectivity index (χ0) is 14.5. The first kappa shape index (κ1) is 20.4. The maximum atomic E-state index is 12.0. The zero-order valence-electron chi connectivity index (χ0n) is 12.6. The van der Waals surface area contributed by atoms with Crippen molar-refractivity contribution in [1.82, 2.24) is 4.98 Å². The highest BCUT2D eigenvalue weighted by molar-refractivity contribution is 5.91. The van der Waals surface area contributed by atoms with Gasteiger partial charge in [-0.15, -0.1) is 24.8 Å². The number of pyridine rings is 1. The predicted molar refractivity (Wildman–Crippen MR) is 94.8 cm³/mol. The van der Waals surface area contributed by atoms with Gasteiger partial charge in [-0.05, 0) is 31.5 Å². The molecule has 1 aromatic heterocycles. The van der Waals surface area contributed by atoms with Gasteiger partial charge < -0.3 is 11.1 Å². The Labute approximate surface area is 143 Å². The van der Waals surface area contributed by atoms with Crippen LogP contribution >= 0.6 is 24.8 Å². The highest BCUT2D eigenvalue weighted by Gasteiger charge is 2.12. The average Bonchev–Trinajstić information content (AvgIpc) is 2.43. The Balaban J connectivity index is 0.00000220. The number of rotatable bonds is 4. The molecule has 1 amide bonds. The van der Waals surface area contributed by atoms with E-state index in [0.717, 1.165) is 22.6 Å². The van der Waals surface area contributed by atoms with Crippen LogP contribution in [0.3, 0.4) is 0 Å². The lowest BCUT2D eigenvalue weighted by Crippen LogP contribution is -2.21. The van der Waals surface area contributed by atoms with Crippen LogP contribution in [0.2, 0.25) is 0 Å². The fourth-order valence-corrected chi connectivity index (χ4v) is 2.04. The number of hydrogen-bond donors (Lipinski definition) is 2. The SMILES string of the molecule is Cc1ccc(NC(=O)CC(N)c2ccccc2)c(C)n1.Cl.Cl. The molecule has 3 N–H and O–H groups in total. The van der Waals surface area contributed by atoms with E-state index in [1.54, 1.807) is 0 Å². The van der Waals surface area contributed by atoms with Crippen molar-refractivity contribution in [2.45, 2.75) is 26.3 Å². The molecule has 120 valence electrons. The topological polar surface area (TPSA) is 68.0 Å². The Morgan fingerprint density at radius 1 is 1.14 bits per heavy atom. The summed E-state index contributed by atoms with van der Waals surface area (Å²) in [5.41, 5.74) is 9.48. The largest absolute Gasteiger partial charge is 0.324 e. The minimum atomic E-state index is -0.296. The van der Waals surface area contributed by atoms with E-state index in [4.69, 9.17) is 5.73 Å². The zero-order valence-corrected chi connectivity index (χ0v) is 14.2. The van der Waals surface area contributed by atoms with Gasteiger partial charge in [-0.3, -0.25) is 9.78 Å². The van der Waals surface area contributed by atoms with Gasteiger partial charge >= 0.3 is 0 Å². The van der Waals surface area contributed by atoms with Crippen molar-refractivity contribution in [2.75, 3.05) is 5.32 Å². The second kappa shape index (κ2) is 9.41. The molecule has 1 heterocycles. The number of nitrogens with one attached hydrogen (secondary N) is 1. The van der Waals surface area contributed by atoms with Gasteiger partial charge in [0.2, 0.25) is 5.91 Å². The summed E-state index contributed by atoms with van der Waals surface area (Å²) in [6.45, 7) is 3.80. The molecule has 2 rings (SSSR count). The molecule has 0 saturated heterocycles. The number of aryl methyl sites for hydroxylation is 2. The van der Waals surface area contributed by atoms with Crippen molar-refractivity contribution >= 4 is 36.4 Å². The van der Waals surface area contributed by atoms with Gasteiger partial charge in [-0.1, -0.05) is 30.3 Å². The second-order valence-electron chi connectivity index (χ2n) is 4.86. The Morgan fingerprint density at radius 3 is 2.36 bits per heavy atom. The molecule has 1 unspecified atom stereocenters. The maximum Gasteiger partial charge on any atom is 0.226 e. The van der Waals surface area contributed by atoms with Crippen LogP contribution in [0, 0.1) is 13.8 Å². The third-order valence-electron chi connectivity index (χ3n) is 3.13. The van der Waals surface area contributed by atoms with E-state index in [0.29, 0.717) is 0 Å². The molecular formula is C16H21Cl2N3O. The van der Waals surface area contributed by atoms with Crippen molar-refractivity contribution in [1.29, 1.82) is 0 Å². The number of benzene rings is 1. The summed E-state index contributed by atoms with van der Waals surface area (Å²) in [4.78, 5) is 16.3. The van der Waals surface area contributed by atoms with Crippen LogP contribution in [-0.2, 0) is 4.79 Å². The first-order valence-corrected chi connectivity index (χ1v) is 6.61. The lowest BCUT2D eigenvalue weighted by molar-refractivity contribution is -0.116. The van der Waals surface area contributed by atoms with E-state index in [9.17, 15) is 4.79 Å². The van der Waals surface area contributed by atoms with Crippen LogP contribution in [0.5, 0.6) is 0 Å². The third-order valence-corrected chi connectivity index (χ3v) is 3.13. The molecule has 22 heavy (non-hydrogen) atoms. The number of amides is 1. The average molecular weight is 342 g/mol. The Morgan fingerprint density at radius 2 is 1.77 bits per heavy atom. The highest BCUT2D eigenvalue weighted by Crippen LogP contribution is 2.16. The second-order valence-corrected chi connectivity index (χ2v) is 4.86. The van der Waals surface area contributed by atoms with Crippen LogP contribution < -0.4 is 11.1 Å². The standard InChI is InChI=1S/C16H19N3O.2ClH/c1-11-8-9-15(12(2)18-11)19-16(20)10-14(17)13-6-4-3-5-7-13;;/h3-9,14H,10,17H2,1-2H3,(H,19,20);2*1H. The van der Waals surface area contributed by atoms with Crippen LogP contribution in [0.1, 0.15) is 29.4 Å². The first-order chi connectivity index (χ1) is 9.56. The van der Waals surface area contributed by atoms with Crippen LogP contribution in [-0.4, -0.2) is 10.9 Å². The number of carbonyl (C=O) groups excluding carboxylic acids is 1.